The number of primary sulfonamides is 1. The molecule has 0 bridgehead atoms. The maximum absolute atomic E-state index is 12.7. The van der Waals surface area contributed by atoms with Crippen LogP contribution in [0.2, 0.25) is 5.02 Å². The molecule has 2 N–H and O–H groups in total. The molecule has 0 aromatic heterocycles. The minimum Gasteiger partial charge on any atom is -0.490 e. The molecule has 0 aliphatic carbocycles. The van der Waals surface area contributed by atoms with Crippen molar-refractivity contribution in [2.75, 3.05) is 44.4 Å². The summed E-state index contributed by atoms with van der Waals surface area (Å²) in [4.78, 5) is 14.4. The van der Waals surface area contributed by atoms with Crippen molar-refractivity contribution in [3.63, 3.8) is 0 Å². The zero-order valence-corrected chi connectivity index (χ0v) is 17.1. The minimum absolute atomic E-state index is 0.0203. The summed E-state index contributed by atoms with van der Waals surface area (Å²) >= 11 is 5.89. The number of hydrogen-bond acceptors (Lipinski definition) is 7. The summed E-state index contributed by atoms with van der Waals surface area (Å²) in [6, 6.07) is 11.0. The Morgan fingerprint density at radius 3 is 2.59 bits per heavy atom. The number of rotatable bonds is 7. The highest BCUT2D eigenvalue weighted by Gasteiger charge is 2.22. The molecule has 1 heterocycles. The Morgan fingerprint density at radius 2 is 1.90 bits per heavy atom. The second kappa shape index (κ2) is 9.45. The molecule has 0 spiro atoms. The minimum atomic E-state index is -3.96. The molecule has 1 fully saturated rings. The van der Waals surface area contributed by atoms with Crippen LogP contribution in [0.4, 0.5) is 5.69 Å². The maximum Gasteiger partial charge on any atom is 0.340 e. The van der Waals surface area contributed by atoms with Gasteiger partial charge in [-0.2, -0.15) is 0 Å². The molecule has 1 saturated heterocycles. The first-order chi connectivity index (χ1) is 13.8. The highest BCUT2D eigenvalue weighted by Crippen LogP contribution is 2.25. The predicted octanol–water partition coefficient (Wildman–Crippen LogP) is 2.06. The molecule has 10 heteroatoms. The molecule has 0 amide bonds. The van der Waals surface area contributed by atoms with Crippen LogP contribution in [0.15, 0.2) is 47.4 Å². The molecule has 0 saturated carbocycles. The topological polar surface area (TPSA) is 108 Å². The smallest absolute Gasteiger partial charge is 0.340 e. The molecule has 2 aromatic carbocycles. The fourth-order valence-electron chi connectivity index (χ4n) is 2.86. The van der Waals surface area contributed by atoms with Crippen molar-refractivity contribution >= 4 is 33.3 Å². The van der Waals surface area contributed by atoms with E-state index in [1.165, 1.54) is 12.1 Å². The summed E-state index contributed by atoms with van der Waals surface area (Å²) in [6.07, 6.45) is 0. The normalized spacial score (nSPS) is 14.5. The van der Waals surface area contributed by atoms with Crippen LogP contribution in [-0.4, -0.2) is 53.9 Å². The van der Waals surface area contributed by atoms with Crippen molar-refractivity contribution in [2.24, 2.45) is 5.14 Å². The number of sulfonamides is 1. The number of halogens is 1. The fourth-order valence-corrected chi connectivity index (χ4v) is 3.58. The predicted molar refractivity (Wildman–Crippen MR) is 108 cm³/mol. The Hall–Kier alpha value is -2.33. The third kappa shape index (κ3) is 5.83. The van der Waals surface area contributed by atoms with Crippen LogP contribution in [0.1, 0.15) is 10.4 Å². The number of hydrogen-bond donors (Lipinski definition) is 1. The van der Waals surface area contributed by atoms with Crippen molar-refractivity contribution in [1.82, 2.24) is 0 Å². The van der Waals surface area contributed by atoms with Crippen LogP contribution in [0, 0.1) is 0 Å². The lowest BCUT2D eigenvalue weighted by atomic mass is 10.1. The Labute approximate surface area is 174 Å². The van der Waals surface area contributed by atoms with E-state index >= 15 is 0 Å². The molecule has 1 aliphatic heterocycles. The summed E-state index contributed by atoms with van der Waals surface area (Å²) in [5.41, 5.74) is 0.697. The highest BCUT2D eigenvalue weighted by atomic mass is 35.5. The molecular formula is C19H21ClN2O6S. The summed E-state index contributed by atoms with van der Waals surface area (Å²) in [7, 11) is -3.96. The van der Waals surface area contributed by atoms with Gasteiger partial charge in [-0.15, -0.1) is 0 Å². The zero-order chi connectivity index (χ0) is 20.9. The van der Waals surface area contributed by atoms with E-state index in [1.54, 1.807) is 30.3 Å². The lowest BCUT2D eigenvalue weighted by Crippen LogP contribution is -2.37. The highest BCUT2D eigenvalue weighted by molar-refractivity contribution is 7.89. The summed E-state index contributed by atoms with van der Waals surface area (Å²) in [5.74, 6) is -0.106. The average molecular weight is 441 g/mol. The fraction of sp³-hybridized carbons (Fsp3) is 0.316. The van der Waals surface area contributed by atoms with Gasteiger partial charge in [0.05, 0.1) is 29.4 Å². The van der Waals surface area contributed by atoms with Crippen molar-refractivity contribution in [3.05, 3.63) is 53.1 Å². The second-order valence-corrected chi connectivity index (χ2v) is 8.26. The number of carbonyl (C=O) groups is 1. The van der Waals surface area contributed by atoms with Gasteiger partial charge < -0.3 is 19.1 Å². The summed E-state index contributed by atoms with van der Waals surface area (Å²) in [5, 5.41) is 5.74. The third-order valence-electron chi connectivity index (χ3n) is 4.25. The van der Waals surface area contributed by atoms with Crippen LogP contribution >= 0.6 is 11.6 Å². The molecule has 3 rings (SSSR count). The van der Waals surface area contributed by atoms with E-state index in [0.29, 0.717) is 42.8 Å². The molecule has 29 heavy (non-hydrogen) atoms. The quantitative estimate of drug-likeness (QED) is 0.518. The first kappa shape index (κ1) is 21.4. The van der Waals surface area contributed by atoms with E-state index < -0.39 is 16.0 Å². The Balaban J connectivity index is 1.71. The molecule has 0 radical (unpaired) electrons. The van der Waals surface area contributed by atoms with Gasteiger partial charge in [0.15, 0.2) is 0 Å². The Bertz CT molecular complexity index is 976. The largest absolute Gasteiger partial charge is 0.490 e. The van der Waals surface area contributed by atoms with E-state index in [4.69, 9.17) is 31.0 Å². The molecule has 1 aliphatic rings. The monoisotopic (exact) mass is 440 g/mol. The first-order valence-corrected chi connectivity index (χ1v) is 10.8. The lowest BCUT2D eigenvalue weighted by Gasteiger charge is -2.30. The van der Waals surface area contributed by atoms with Gasteiger partial charge in [0.1, 0.15) is 19.0 Å². The van der Waals surface area contributed by atoms with Gasteiger partial charge in [0, 0.05) is 18.1 Å². The van der Waals surface area contributed by atoms with Crippen LogP contribution < -0.4 is 14.8 Å². The zero-order valence-electron chi connectivity index (χ0n) is 15.5. The van der Waals surface area contributed by atoms with Crippen LogP contribution in [0.3, 0.4) is 0 Å². The van der Waals surface area contributed by atoms with Crippen LogP contribution in [-0.2, 0) is 19.5 Å². The molecular weight excluding hydrogens is 420 g/mol. The van der Waals surface area contributed by atoms with Crippen molar-refractivity contribution in [3.8, 4) is 5.75 Å². The van der Waals surface area contributed by atoms with E-state index in [9.17, 15) is 13.2 Å². The van der Waals surface area contributed by atoms with E-state index in [2.05, 4.69) is 0 Å². The third-order valence-corrected chi connectivity index (χ3v) is 5.40. The second-order valence-electron chi connectivity index (χ2n) is 6.27. The van der Waals surface area contributed by atoms with Crippen LogP contribution in [0.25, 0.3) is 0 Å². The van der Waals surface area contributed by atoms with E-state index in [0.717, 1.165) is 0 Å². The molecule has 0 atom stereocenters. The lowest BCUT2D eigenvalue weighted by molar-refractivity contribution is 0.0450. The van der Waals surface area contributed by atoms with Crippen molar-refractivity contribution < 1.29 is 27.4 Å². The van der Waals surface area contributed by atoms with Gasteiger partial charge in [-0.05, 0) is 36.4 Å². The molecule has 156 valence electrons. The van der Waals surface area contributed by atoms with Gasteiger partial charge >= 0.3 is 5.97 Å². The number of ether oxygens (including phenoxy) is 3. The van der Waals surface area contributed by atoms with Gasteiger partial charge in [-0.25, -0.2) is 18.4 Å². The number of nitrogens with two attached hydrogens (primary N) is 1. The number of nitrogens with zero attached hydrogens (tertiary/aromatic N) is 1. The number of carbonyl (C=O) groups excluding carboxylic acids is 1. The number of esters is 1. The van der Waals surface area contributed by atoms with Crippen LogP contribution in [0.5, 0.6) is 5.75 Å². The molecule has 0 unspecified atom stereocenters. The number of morpholine rings is 1. The molecule has 8 nitrogen and oxygen atoms in total. The number of benzene rings is 2. The summed E-state index contributed by atoms with van der Waals surface area (Å²) in [6.45, 7) is 2.28. The SMILES string of the molecule is NS(=O)(=O)c1ccc(N2CCOCC2)c(C(=O)OCCOc2cccc(Cl)c2)c1. The van der Waals surface area contributed by atoms with Gasteiger partial charge in [-0.1, -0.05) is 17.7 Å². The Morgan fingerprint density at radius 1 is 1.14 bits per heavy atom. The van der Waals surface area contributed by atoms with Gasteiger partial charge in [0.25, 0.3) is 0 Å². The first-order valence-electron chi connectivity index (χ1n) is 8.89. The molecule has 2 aromatic rings. The average Bonchev–Trinajstić information content (AvgIpc) is 2.70. The van der Waals surface area contributed by atoms with E-state index in [-0.39, 0.29) is 23.7 Å². The van der Waals surface area contributed by atoms with Gasteiger partial charge in [-0.3, -0.25) is 0 Å². The van der Waals surface area contributed by atoms with Crippen molar-refractivity contribution in [2.45, 2.75) is 4.90 Å². The van der Waals surface area contributed by atoms with E-state index in [1.807, 2.05) is 4.90 Å². The standard InChI is InChI=1S/C19H21ClN2O6S/c20-14-2-1-3-15(12-14)27-10-11-28-19(23)17-13-16(29(21,24)25)4-5-18(17)22-6-8-26-9-7-22/h1-5,12-13H,6-11H2,(H2,21,24,25). The van der Waals surface area contributed by atoms with Crippen molar-refractivity contribution in [1.29, 1.82) is 0 Å². The number of anilines is 1. The maximum atomic E-state index is 12.7. The summed E-state index contributed by atoms with van der Waals surface area (Å²) < 4.78 is 39.5. The van der Waals surface area contributed by atoms with Gasteiger partial charge in [0.2, 0.25) is 10.0 Å². The Kier molecular flexibility index (Phi) is 6.96.